The molecule has 0 bridgehead atoms. The number of carboxylic acids is 1. The number of ether oxygens (including phenoxy) is 1. The number of carbonyl (C=O) groups excluding carboxylic acids is 2. The van der Waals surface area contributed by atoms with Crippen LogP contribution in [-0.4, -0.2) is 42.4 Å². The van der Waals surface area contributed by atoms with Gasteiger partial charge in [-0.05, 0) is 12.3 Å². The zero-order chi connectivity index (χ0) is 14.1. The van der Waals surface area contributed by atoms with E-state index in [1.165, 1.54) is 0 Å². The lowest BCUT2D eigenvalue weighted by molar-refractivity contribution is -0.139. The second kappa shape index (κ2) is 8.15. The van der Waals surface area contributed by atoms with E-state index in [0.29, 0.717) is 6.42 Å². The highest BCUT2D eigenvalue weighted by Crippen LogP contribution is 2.04. The van der Waals surface area contributed by atoms with Gasteiger partial charge in [-0.25, -0.2) is 14.4 Å². The molecule has 0 saturated heterocycles. The summed E-state index contributed by atoms with van der Waals surface area (Å²) in [4.78, 5) is 32.4. The maximum Gasteiger partial charge on any atom is 0.404 e. The van der Waals surface area contributed by atoms with Crippen molar-refractivity contribution in [1.82, 2.24) is 10.6 Å². The Kier molecular flexibility index (Phi) is 7.25. The number of amides is 3. The van der Waals surface area contributed by atoms with Gasteiger partial charge < -0.3 is 26.2 Å². The average molecular weight is 261 g/mol. The summed E-state index contributed by atoms with van der Waals surface area (Å²) in [6.45, 7) is 3.71. The topological polar surface area (TPSA) is 131 Å². The normalized spacial score (nSPS) is 11.7. The summed E-state index contributed by atoms with van der Waals surface area (Å²) in [5.74, 6) is -0.947. The number of nitrogens with one attached hydrogen (secondary N) is 2. The Hall–Kier alpha value is -1.99. The van der Waals surface area contributed by atoms with Gasteiger partial charge in [0.15, 0.2) is 0 Å². The van der Waals surface area contributed by atoms with Crippen molar-refractivity contribution in [2.45, 2.75) is 26.3 Å². The summed E-state index contributed by atoms with van der Waals surface area (Å²) in [6.07, 6.45) is -0.596. The van der Waals surface area contributed by atoms with Gasteiger partial charge in [0.05, 0.1) is 6.54 Å². The fourth-order valence-electron chi connectivity index (χ4n) is 1.22. The summed E-state index contributed by atoms with van der Waals surface area (Å²) in [7, 11) is 0. The number of rotatable bonds is 7. The van der Waals surface area contributed by atoms with Crippen molar-refractivity contribution in [3.8, 4) is 0 Å². The number of nitrogens with two attached hydrogens (primary N) is 1. The van der Waals surface area contributed by atoms with Crippen molar-refractivity contribution >= 4 is 18.1 Å². The van der Waals surface area contributed by atoms with E-state index in [1.54, 1.807) is 0 Å². The molecule has 0 saturated carbocycles. The smallest absolute Gasteiger partial charge is 0.404 e. The standard InChI is InChI=1S/C10H19N3O5/c1-6(2)5-7(8(14)15)13-10(17)12-3-4-18-9(11)16/h6-7H,3-5H2,1-2H3,(H2,11,16)(H,14,15)(H2,12,13,17). The van der Waals surface area contributed by atoms with Crippen molar-refractivity contribution in [3.63, 3.8) is 0 Å². The number of hydrogen-bond acceptors (Lipinski definition) is 4. The minimum atomic E-state index is -1.09. The number of aliphatic carboxylic acids is 1. The molecule has 18 heavy (non-hydrogen) atoms. The predicted molar refractivity (Wildman–Crippen MR) is 62.9 cm³/mol. The molecule has 0 fully saturated rings. The fraction of sp³-hybridized carbons (Fsp3) is 0.700. The van der Waals surface area contributed by atoms with Gasteiger partial charge in [0.2, 0.25) is 0 Å². The predicted octanol–water partition coefficient (Wildman–Crippen LogP) is -0.120. The molecule has 3 amide bonds. The van der Waals surface area contributed by atoms with Crippen molar-refractivity contribution in [2.75, 3.05) is 13.2 Å². The van der Waals surface area contributed by atoms with E-state index < -0.39 is 24.1 Å². The summed E-state index contributed by atoms with van der Waals surface area (Å²) in [5.41, 5.74) is 4.72. The number of carbonyl (C=O) groups is 3. The lowest BCUT2D eigenvalue weighted by atomic mass is 10.0. The molecule has 0 spiro atoms. The van der Waals surface area contributed by atoms with Gasteiger partial charge >= 0.3 is 18.1 Å². The van der Waals surface area contributed by atoms with Crippen molar-refractivity contribution < 1.29 is 24.2 Å². The molecule has 5 N–H and O–H groups in total. The van der Waals surface area contributed by atoms with Gasteiger partial charge in [0.1, 0.15) is 12.6 Å². The highest BCUT2D eigenvalue weighted by molar-refractivity contribution is 5.82. The lowest BCUT2D eigenvalue weighted by Gasteiger charge is -2.16. The van der Waals surface area contributed by atoms with Crippen LogP contribution in [0.2, 0.25) is 0 Å². The van der Waals surface area contributed by atoms with Crippen molar-refractivity contribution in [3.05, 3.63) is 0 Å². The largest absolute Gasteiger partial charge is 0.480 e. The molecular formula is C10H19N3O5. The van der Waals surface area contributed by atoms with Gasteiger partial charge in [-0.1, -0.05) is 13.8 Å². The lowest BCUT2D eigenvalue weighted by Crippen LogP contribution is -2.47. The molecule has 1 atom stereocenters. The first-order valence-electron chi connectivity index (χ1n) is 5.52. The first-order valence-corrected chi connectivity index (χ1v) is 5.52. The van der Waals surface area contributed by atoms with E-state index >= 15 is 0 Å². The quantitative estimate of drug-likeness (QED) is 0.474. The van der Waals surface area contributed by atoms with Crippen LogP contribution in [0.5, 0.6) is 0 Å². The van der Waals surface area contributed by atoms with Crippen LogP contribution in [0, 0.1) is 5.92 Å². The fourth-order valence-corrected chi connectivity index (χ4v) is 1.22. The monoisotopic (exact) mass is 261 g/mol. The van der Waals surface area contributed by atoms with Gasteiger partial charge in [0, 0.05) is 0 Å². The van der Waals surface area contributed by atoms with Gasteiger partial charge in [-0.15, -0.1) is 0 Å². The SMILES string of the molecule is CC(C)CC(NC(=O)NCCOC(N)=O)C(=O)O. The minimum absolute atomic E-state index is 0.0583. The van der Waals surface area contributed by atoms with Gasteiger partial charge in [-0.3, -0.25) is 0 Å². The first kappa shape index (κ1) is 16.0. The van der Waals surface area contributed by atoms with E-state index in [9.17, 15) is 14.4 Å². The molecule has 8 heteroatoms. The molecule has 0 aliphatic heterocycles. The van der Waals surface area contributed by atoms with Gasteiger partial charge in [0.25, 0.3) is 0 Å². The Morgan fingerprint density at radius 3 is 2.39 bits per heavy atom. The number of urea groups is 1. The van der Waals surface area contributed by atoms with Crippen LogP contribution in [0.1, 0.15) is 20.3 Å². The molecule has 0 aliphatic carbocycles. The number of primary amides is 1. The molecule has 0 aliphatic rings. The summed E-state index contributed by atoms with van der Waals surface area (Å²) >= 11 is 0. The second-order valence-electron chi connectivity index (χ2n) is 4.09. The molecule has 0 radical (unpaired) electrons. The Labute approximate surface area is 105 Å². The highest BCUT2D eigenvalue weighted by atomic mass is 16.5. The maximum absolute atomic E-state index is 11.3. The molecule has 0 aromatic heterocycles. The van der Waals surface area contributed by atoms with Crippen molar-refractivity contribution in [2.24, 2.45) is 11.7 Å². The van der Waals surface area contributed by atoms with E-state index in [0.717, 1.165) is 0 Å². The molecule has 0 aromatic carbocycles. The van der Waals surface area contributed by atoms with E-state index in [2.05, 4.69) is 15.4 Å². The molecule has 0 rings (SSSR count). The Balaban J connectivity index is 3.95. The third-order valence-electron chi connectivity index (χ3n) is 1.94. The molecular weight excluding hydrogens is 242 g/mol. The molecule has 1 unspecified atom stereocenters. The van der Waals surface area contributed by atoms with Gasteiger partial charge in [-0.2, -0.15) is 0 Å². The average Bonchev–Trinajstić information content (AvgIpc) is 2.22. The maximum atomic E-state index is 11.3. The Morgan fingerprint density at radius 1 is 1.33 bits per heavy atom. The van der Waals surface area contributed by atoms with Crippen LogP contribution < -0.4 is 16.4 Å². The van der Waals surface area contributed by atoms with E-state index in [-0.39, 0.29) is 19.1 Å². The van der Waals surface area contributed by atoms with Crippen LogP contribution in [-0.2, 0) is 9.53 Å². The molecule has 8 nitrogen and oxygen atoms in total. The van der Waals surface area contributed by atoms with Crippen molar-refractivity contribution in [1.29, 1.82) is 0 Å². The highest BCUT2D eigenvalue weighted by Gasteiger charge is 2.20. The number of hydrogen-bond donors (Lipinski definition) is 4. The third kappa shape index (κ3) is 8.20. The zero-order valence-corrected chi connectivity index (χ0v) is 10.4. The van der Waals surface area contributed by atoms with Crippen LogP contribution >= 0.6 is 0 Å². The molecule has 0 heterocycles. The second-order valence-corrected chi connectivity index (χ2v) is 4.09. The van der Waals surface area contributed by atoms with Crippen LogP contribution in [0.3, 0.4) is 0 Å². The zero-order valence-electron chi connectivity index (χ0n) is 10.4. The minimum Gasteiger partial charge on any atom is -0.480 e. The van der Waals surface area contributed by atoms with E-state index in [1.807, 2.05) is 13.8 Å². The molecule has 104 valence electrons. The summed E-state index contributed by atoms with van der Waals surface area (Å²) in [6, 6.07) is -1.57. The van der Waals surface area contributed by atoms with Crippen LogP contribution in [0.15, 0.2) is 0 Å². The molecule has 0 aromatic rings. The third-order valence-corrected chi connectivity index (χ3v) is 1.94. The van der Waals surface area contributed by atoms with E-state index in [4.69, 9.17) is 10.8 Å². The summed E-state index contributed by atoms with van der Waals surface area (Å²) < 4.78 is 4.39. The summed E-state index contributed by atoms with van der Waals surface area (Å²) in [5, 5.41) is 13.6. The number of carboxylic acid groups (broad SMARTS) is 1. The Bertz CT molecular complexity index is 306. The van der Waals surface area contributed by atoms with Crippen LogP contribution in [0.4, 0.5) is 9.59 Å². The van der Waals surface area contributed by atoms with Crippen LogP contribution in [0.25, 0.3) is 0 Å². The Morgan fingerprint density at radius 2 is 1.94 bits per heavy atom. The first-order chi connectivity index (χ1) is 8.32.